The Morgan fingerprint density at radius 3 is 2.32 bits per heavy atom. The fourth-order valence-corrected chi connectivity index (χ4v) is 3.19. The number of aromatic hydroxyl groups is 1. The molecule has 0 bridgehead atoms. The molecule has 0 radical (unpaired) electrons. The number of ether oxygens (including phenoxy) is 2. The summed E-state index contributed by atoms with van der Waals surface area (Å²) >= 11 is 0. The molecule has 146 valence electrons. The molecule has 0 heterocycles. The third kappa shape index (κ3) is 3.55. The van der Waals surface area contributed by atoms with Gasteiger partial charge in [-0.25, -0.2) is 0 Å². The van der Waals surface area contributed by atoms with Gasteiger partial charge in [-0.1, -0.05) is 6.07 Å². The predicted molar refractivity (Wildman–Crippen MR) is 102 cm³/mol. The molecule has 1 aliphatic rings. The van der Waals surface area contributed by atoms with Gasteiger partial charge in [-0.15, -0.1) is 0 Å². The first kappa shape index (κ1) is 19.8. The number of ketones is 2. The molecule has 1 N–H and O–H groups in total. The van der Waals surface area contributed by atoms with Crippen LogP contribution in [0.2, 0.25) is 0 Å². The molecular weight excluding hydrogens is 360 g/mol. The monoisotopic (exact) mass is 382 g/mol. The second kappa shape index (κ2) is 6.87. The van der Waals surface area contributed by atoms with Crippen LogP contribution in [-0.2, 0) is 16.1 Å². The zero-order valence-corrected chi connectivity index (χ0v) is 16.5. The number of aryl methyl sites for hydroxylation is 1. The molecule has 6 heteroatoms. The highest BCUT2D eigenvalue weighted by Crippen LogP contribution is 2.38. The summed E-state index contributed by atoms with van der Waals surface area (Å²) in [6.07, 6.45) is 0. The summed E-state index contributed by atoms with van der Waals surface area (Å²) in [4.78, 5) is 37.3. The Labute approximate surface area is 163 Å². The highest BCUT2D eigenvalue weighted by atomic mass is 16.5. The lowest BCUT2D eigenvalue weighted by Gasteiger charge is -2.23. The summed E-state index contributed by atoms with van der Waals surface area (Å²) in [6, 6.07) is 6.02. The summed E-state index contributed by atoms with van der Waals surface area (Å²) < 4.78 is 10.8. The van der Waals surface area contributed by atoms with Gasteiger partial charge in [0, 0.05) is 29.2 Å². The number of rotatable bonds is 3. The average Bonchev–Trinajstić information content (AvgIpc) is 2.56. The summed E-state index contributed by atoms with van der Waals surface area (Å²) in [7, 11) is 0. The number of carbonyl (C=O) groups excluding carboxylic acids is 3. The highest BCUT2D eigenvalue weighted by molar-refractivity contribution is 6.30. The van der Waals surface area contributed by atoms with E-state index in [4.69, 9.17) is 9.47 Å². The largest absolute Gasteiger partial charge is 0.507 e. The Balaban J connectivity index is 2.10. The summed E-state index contributed by atoms with van der Waals surface area (Å²) in [6.45, 7) is 8.69. The van der Waals surface area contributed by atoms with E-state index in [0.29, 0.717) is 11.1 Å². The third-order valence-corrected chi connectivity index (χ3v) is 4.44. The molecule has 0 saturated heterocycles. The van der Waals surface area contributed by atoms with Gasteiger partial charge in [-0.2, -0.15) is 0 Å². The van der Waals surface area contributed by atoms with Crippen molar-refractivity contribution >= 4 is 17.5 Å². The molecule has 0 spiro atoms. The molecule has 0 unspecified atom stereocenters. The topological polar surface area (TPSA) is 89.9 Å². The van der Waals surface area contributed by atoms with Crippen molar-refractivity contribution in [2.45, 2.75) is 46.8 Å². The smallest absolute Gasteiger partial charge is 0.308 e. The molecule has 2 aromatic carbocycles. The average molecular weight is 382 g/mol. The van der Waals surface area contributed by atoms with Crippen molar-refractivity contribution in [2.75, 3.05) is 0 Å². The van der Waals surface area contributed by atoms with Gasteiger partial charge < -0.3 is 14.6 Å². The van der Waals surface area contributed by atoms with Crippen LogP contribution >= 0.6 is 0 Å². The Morgan fingerprint density at radius 1 is 1.04 bits per heavy atom. The number of hydrogen-bond acceptors (Lipinski definition) is 6. The predicted octanol–water partition coefficient (Wildman–Crippen LogP) is 3.72. The molecule has 6 nitrogen and oxygen atoms in total. The van der Waals surface area contributed by atoms with E-state index in [2.05, 4.69) is 0 Å². The number of phenolic OH excluding ortho intramolecular Hbond substituents is 1. The fraction of sp³-hybridized carbons (Fsp3) is 0.318. The fourth-order valence-electron chi connectivity index (χ4n) is 3.19. The van der Waals surface area contributed by atoms with Gasteiger partial charge in [0.15, 0.2) is 11.6 Å². The van der Waals surface area contributed by atoms with Crippen molar-refractivity contribution in [3.63, 3.8) is 0 Å². The van der Waals surface area contributed by atoms with Crippen molar-refractivity contribution in [3.05, 3.63) is 57.6 Å². The quantitative estimate of drug-likeness (QED) is 0.549. The summed E-state index contributed by atoms with van der Waals surface area (Å²) in [5, 5.41) is 10.7. The maximum absolute atomic E-state index is 13.1. The van der Waals surface area contributed by atoms with Crippen LogP contribution in [0.15, 0.2) is 24.3 Å². The number of benzene rings is 2. The van der Waals surface area contributed by atoms with Crippen LogP contribution in [0.5, 0.6) is 11.5 Å². The van der Waals surface area contributed by atoms with E-state index in [-0.39, 0.29) is 40.4 Å². The van der Waals surface area contributed by atoms with E-state index in [9.17, 15) is 19.5 Å². The first-order valence-electron chi connectivity index (χ1n) is 8.91. The van der Waals surface area contributed by atoms with Crippen LogP contribution < -0.4 is 4.74 Å². The summed E-state index contributed by atoms with van der Waals surface area (Å²) in [5.41, 5.74) is 0.980. The standard InChI is InChI=1S/C22H22O6/c1-11-8-14(28-12(2)23)9-16-17(11)21(26)18-15(20(16)25)7-6-13(19(18)24)10-27-22(3,4)5/h6-9,24H,10H2,1-5H3. The zero-order chi connectivity index (χ0) is 20.8. The van der Waals surface area contributed by atoms with Gasteiger partial charge >= 0.3 is 5.97 Å². The highest BCUT2D eigenvalue weighted by Gasteiger charge is 2.35. The van der Waals surface area contributed by atoms with E-state index in [1.54, 1.807) is 13.0 Å². The van der Waals surface area contributed by atoms with Crippen LogP contribution in [0.25, 0.3) is 0 Å². The van der Waals surface area contributed by atoms with E-state index < -0.39 is 23.1 Å². The zero-order valence-electron chi connectivity index (χ0n) is 16.5. The lowest BCUT2D eigenvalue weighted by molar-refractivity contribution is -0.131. The SMILES string of the molecule is CC(=O)Oc1cc(C)c2c(c1)C(=O)c1ccc(COC(C)(C)C)c(O)c1C2=O. The minimum atomic E-state index is -0.518. The van der Waals surface area contributed by atoms with Crippen molar-refractivity contribution in [1.82, 2.24) is 0 Å². The number of fused-ring (bicyclic) bond motifs is 2. The molecule has 0 aliphatic heterocycles. The van der Waals surface area contributed by atoms with E-state index in [1.807, 2.05) is 20.8 Å². The van der Waals surface area contributed by atoms with Crippen LogP contribution in [0.4, 0.5) is 0 Å². The lowest BCUT2D eigenvalue weighted by Crippen LogP contribution is -2.23. The van der Waals surface area contributed by atoms with E-state index >= 15 is 0 Å². The number of carbonyl (C=O) groups is 3. The number of esters is 1. The van der Waals surface area contributed by atoms with Crippen molar-refractivity contribution in [1.29, 1.82) is 0 Å². The van der Waals surface area contributed by atoms with Crippen molar-refractivity contribution in [3.8, 4) is 11.5 Å². The minimum absolute atomic E-state index is 0.0177. The normalized spacial score (nSPS) is 13.2. The molecule has 0 fully saturated rings. The second-order valence-electron chi connectivity index (χ2n) is 7.81. The molecule has 0 aromatic heterocycles. The Kier molecular flexibility index (Phi) is 4.85. The van der Waals surface area contributed by atoms with Crippen LogP contribution in [-0.4, -0.2) is 28.2 Å². The maximum Gasteiger partial charge on any atom is 0.308 e. The van der Waals surface area contributed by atoms with Crippen molar-refractivity contribution in [2.24, 2.45) is 0 Å². The van der Waals surface area contributed by atoms with Gasteiger partial charge in [0.1, 0.15) is 11.5 Å². The molecular formula is C22H22O6. The van der Waals surface area contributed by atoms with E-state index in [1.165, 1.54) is 25.1 Å². The molecule has 1 aliphatic carbocycles. The van der Waals surface area contributed by atoms with Gasteiger partial charge in [-0.3, -0.25) is 14.4 Å². The van der Waals surface area contributed by atoms with Gasteiger partial charge in [-0.05, 0) is 51.5 Å². The molecule has 0 saturated carbocycles. The molecule has 3 rings (SSSR count). The Hall–Kier alpha value is -2.99. The summed E-state index contributed by atoms with van der Waals surface area (Å²) in [5.74, 6) is -1.40. The second-order valence-corrected chi connectivity index (χ2v) is 7.81. The Bertz CT molecular complexity index is 1010. The van der Waals surface area contributed by atoms with E-state index in [0.717, 1.165) is 0 Å². The van der Waals surface area contributed by atoms with Crippen LogP contribution in [0.3, 0.4) is 0 Å². The minimum Gasteiger partial charge on any atom is -0.507 e. The third-order valence-electron chi connectivity index (χ3n) is 4.44. The first-order valence-corrected chi connectivity index (χ1v) is 8.91. The molecule has 0 amide bonds. The molecule has 2 aromatic rings. The van der Waals surface area contributed by atoms with Gasteiger partial charge in [0.05, 0.1) is 17.8 Å². The first-order chi connectivity index (χ1) is 13.0. The Morgan fingerprint density at radius 2 is 1.71 bits per heavy atom. The lowest BCUT2D eigenvalue weighted by atomic mass is 9.80. The molecule has 0 atom stereocenters. The number of hydrogen-bond donors (Lipinski definition) is 1. The van der Waals surface area contributed by atoms with Gasteiger partial charge in [0.25, 0.3) is 0 Å². The van der Waals surface area contributed by atoms with Gasteiger partial charge in [0.2, 0.25) is 0 Å². The van der Waals surface area contributed by atoms with Crippen LogP contribution in [0, 0.1) is 6.92 Å². The van der Waals surface area contributed by atoms with Crippen molar-refractivity contribution < 1.29 is 29.0 Å². The number of phenols is 1. The van der Waals surface area contributed by atoms with Crippen LogP contribution in [0.1, 0.15) is 70.7 Å². The maximum atomic E-state index is 13.1. The molecule has 28 heavy (non-hydrogen) atoms.